The lowest BCUT2D eigenvalue weighted by molar-refractivity contribution is 0.283. The highest BCUT2D eigenvalue weighted by molar-refractivity contribution is 9.10. The highest BCUT2D eigenvalue weighted by Gasteiger charge is 2.06. The van der Waals surface area contributed by atoms with Gasteiger partial charge in [0.15, 0.2) is 11.5 Å². The minimum Gasteiger partial charge on any atom is -0.493 e. The summed E-state index contributed by atoms with van der Waals surface area (Å²) < 4.78 is 12.1. The second-order valence-electron chi connectivity index (χ2n) is 4.07. The molecule has 0 radical (unpaired) electrons. The van der Waals surface area contributed by atoms with Crippen molar-refractivity contribution in [2.45, 2.75) is 13.2 Å². The SMILES string of the molecule is COc1cc(CN)ccc1OCc1ccccc1Br. The molecule has 0 saturated carbocycles. The maximum Gasteiger partial charge on any atom is 0.161 e. The van der Waals surface area contributed by atoms with Crippen molar-refractivity contribution in [3.63, 3.8) is 0 Å². The van der Waals surface area contributed by atoms with Crippen LogP contribution in [-0.4, -0.2) is 7.11 Å². The van der Waals surface area contributed by atoms with Crippen molar-refractivity contribution in [3.05, 3.63) is 58.1 Å². The molecule has 0 bridgehead atoms. The van der Waals surface area contributed by atoms with Crippen LogP contribution in [-0.2, 0) is 13.2 Å². The summed E-state index contributed by atoms with van der Waals surface area (Å²) in [4.78, 5) is 0. The van der Waals surface area contributed by atoms with Crippen LogP contribution in [0.15, 0.2) is 46.9 Å². The van der Waals surface area contributed by atoms with E-state index in [1.165, 1.54) is 0 Å². The fraction of sp³-hybridized carbons (Fsp3) is 0.200. The molecule has 0 atom stereocenters. The van der Waals surface area contributed by atoms with Crippen LogP contribution in [0.5, 0.6) is 11.5 Å². The molecule has 2 N–H and O–H groups in total. The second-order valence-corrected chi connectivity index (χ2v) is 4.92. The molecule has 0 spiro atoms. The van der Waals surface area contributed by atoms with E-state index >= 15 is 0 Å². The highest BCUT2D eigenvalue weighted by atomic mass is 79.9. The Morgan fingerprint density at radius 2 is 1.89 bits per heavy atom. The van der Waals surface area contributed by atoms with Crippen LogP contribution in [0.25, 0.3) is 0 Å². The predicted molar refractivity (Wildman–Crippen MR) is 79.4 cm³/mol. The Morgan fingerprint density at radius 3 is 2.58 bits per heavy atom. The van der Waals surface area contributed by atoms with Gasteiger partial charge in [-0.05, 0) is 23.8 Å². The zero-order valence-corrected chi connectivity index (χ0v) is 12.3. The minimum atomic E-state index is 0.486. The lowest BCUT2D eigenvalue weighted by Crippen LogP contribution is -2.01. The Kier molecular flexibility index (Phi) is 4.82. The van der Waals surface area contributed by atoms with Gasteiger partial charge in [-0.1, -0.05) is 40.2 Å². The third kappa shape index (κ3) is 3.49. The topological polar surface area (TPSA) is 44.5 Å². The molecule has 2 aromatic rings. The quantitative estimate of drug-likeness (QED) is 0.916. The molecule has 0 aliphatic carbocycles. The third-order valence-corrected chi connectivity index (χ3v) is 3.58. The molecular weight excluding hydrogens is 306 g/mol. The molecule has 2 aromatic carbocycles. The van der Waals surface area contributed by atoms with E-state index in [0.29, 0.717) is 18.9 Å². The number of hydrogen-bond donors (Lipinski definition) is 1. The zero-order chi connectivity index (χ0) is 13.7. The Labute approximate surface area is 121 Å². The van der Waals surface area contributed by atoms with Crippen molar-refractivity contribution in [2.24, 2.45) is 5.73 Å². The number of ether oxygens (including phenoxy) is 2. The Hall–Kier alpha value is -1.52. The van der Waals surface area contributed by atoms with Crippen LogP contribution >= 0.6 is 15.9 Å². The van der Waals surface area contributed by atoms with Crippen molar-refractivity contribution in [1.29, 1.82) is 0 Å². The van der Waals surface area contributed by atoms with E-state index in [9.17, 15) is 0 Å². The van der Waals surface area contributed by atoms with Crippen molar-refractivity contribution in [3.8, 4) is 11.5 Å². The van der Waals surface area contributed by atoms with Gasteiger partial charge >= 0.3 is 0 Å². The molecule has 0 heterocycles. The number of rotatable bonds is 5. The lowest BCUT2D eigenvalue weighted by Gasteiger charge is -2.12. The summed E-state index contributed by atoms with van der Waals surface area (Å²) in [6.07, 6.45) is 0. The van der Waals surface area contributed by atoms with E-state index in [-0.39, 0.29) is 0 Å². The van der Waals surface area contributed by atoms with Gasteiger partial charge in [0.05, 0.1) is 7.11 Å². The third-order valence-electron chi connectivity index (χ3n) is 2.80. The largest absolute Gasteiger partial charge is 0.493 e. The summed E-state index contributed by atoms with van der Waals surface area (Å²) in [7, 11) is 1.63. The maximum atomic E-state index is 5.80. The van der Waals surface area contributed by atoms with Crippen LogP contribution in [0.3, 0.4) is 0 Å². The molecule has 0 amide bonds. The monoisotopic (exact) mass is 321 g/mol. The first-order valence-electron chi connectivity index (χ1n) is 5.97. The van der Waals surface area contributed by atoms with Gasteiger partial charge in [-0.25, -0.2) is 0 Å². The predicted octanol–water partition coefficient (Wildman–Crippen LogP) is 3.50. The van der Waals surface area contributed by atoms with E-state index in [1.54, 1.807) is 7.11 Å². The molecule has 100 valence electrons. The molecule has 0 fully saturated rings. The van der Waals surface area contributed by atoms with E-state index in [2.05, 4.69) is 15.9 Å². The molecular formula is C15H16BrNO2. The first-order chi connectivity index (χ1) is 9.24. The summed E-state index contributed by atoms with van der Waals surface area (Å²) in [6, 6.07) is 13.7. The fourth-order valence-corrected chi connectivity index (χ4v) is 2.13. The molecule has 3 nitrogen and oxygen atoms in total. The maximum absolute atomic E-state index is 5.80. The van der Waals surface area contributed by atoms with Gasteiger partial charge in [0, 0.05) is 16.6 Å². The van der Waals surface area contributed by atoms with Gasteiger partial charge in [-0.15, -0.1) is 0 Å². The normalized spacial score (nSPS) is 10.3. The molecule has 0 unspecified atom stereocenters. The van der Waals surface area contributed by atoms with Crippen molar-refractivity contribution < 1.29 is 9.47 Å². The van der Waals surface area contributed by atoms with Gasteiger partial charge in [-0.2, -0.15) is 0 Å². The van der Waals surface area contributed by atoms with Crippen LogP contribution in [0.2, 0.25) is 0 Å². The molecule has 0 saturated heterocycles. The van der Waals surface area contributed by atoms with Gasteiger partial charge in [-0.3, -0.25) is 0 Å². The number of benzene rings is 2. The zero-order valence-electron chi connectivity index (χ0n) is 10.7. The molecule has 2 rings (SSSR count). The Balaban J connectivity index is 2.13. The Bertz CT molecular complexity index is 558. The second kappa shape index (κ2) is 6.59. The van der Waals surface area contributed by atoms with E-state index in [1.807, 2.05) is 42.5 Å². The number of nitrogens with two attached hydrogens (primary N) is 1. The number of halogens is 1. The van der Waals surface area contributed by atoms with Gasteiger partial charge < -0.3 is 15.2 Å². The van der Waals surface area contributed by atoms with E-state index in [0.717, 1.165) is 21.3 Å². The standard InChI is InChI=1S/C15H16BrNO2/c1-18-15-8-11(9-17)6-7-14(15)19-10-12-4-2-3-5-13(12)16/h2-8H,9-10,17H2,1H3. The molecule has 0 aliphatic heterocycles. The van der Waals surface area contributed by atoms with Crippen molar-refractivity contribution in [2.75, 3.05) is 7.11 Å². The highest BCUT2D eigenvalue weighted by Crippen LogP contribution is 2.29. The Morgan fingerprint density at radius 1 is 1.11 bits per heavy atom. The van der Waals surface area contributed by atoms with Crippen molar-refractivity contribution in [1.82, 2.24) is 0 Å². The van der Waals surface area contributed by atoms with Gasteiger partial charge in [0.25, 0.3) is 0 Å². The van der Waals surface area contributed by atoms with E-state index in [4.69, 9.17) is 15.2 Å². The fourth-order valence-electron chi connectivity index (χ4n) is 1.73. The first kappa shape index (κ1) is 13.9. The average Bonchev–Trinajstić information content (AvgIpc) is 2.46. The molecule has 4 heteroatoms. The lowest BCUT2D eigenvalue weighted by atomic mass is 10.2. The summed E-state index contributed by atoms with van der Waals surface area (Å²) in [5.74, 6) is 1.42. The molecule has 0 aliphatic rings. The van der Waals surface area contributed by atoms with Crippen LogP contribution in [0.1, 0.15) is 11.1 Å². The summed E-state index contributed by atoms with van der Waals surface area (Å²) in [6.45, 7) is 0.973. The molecule has 0 aromatic heterocycles. The average molecular weight is 322 g/mol. The summed E-state index contributed by atoms with van der Waals surface area (Å²) >= 11 is 3.50. The minimum absolute atomic E-state index is 0.486. The summed E-state index contributed by atoms with van der Waals surface area (Å²) in [5.41, 5.74) is 7.71. The smallest absolute Gasteiger partial charge is 0.161 e. The van der Waals surface area contributed by atoms with Gasteiger partial charge in [0.2, 0.25) is 0 Å². The van der Waals surface area contributed by atoms with Crippen LogP contribution < -0.4 is 15.2 Å². The number of methoxy groups -OCH3 is 1. The van der Waals surface area contributed by atoms with Gasteiger partial charge in [0.1, 0.15) is 6.61 Å². The van der Waals surface area contributed by atoms with E-state index < -0.39 is 0 Å². The summed E-state index contributed by atoms with van der Waals surface area (Å²) in [5, 5.41) is 0. The first-order valence-corrected chi connectivity index (χ1v) is 6.77. The van der Waals surface area contributed by atoms with Crippen LogP contribution in [0.4, 0.5) is 0 Å². The number of hydrogen-bond acceptors (Lipinski definition) is 3. The molecule has 19 heavy (non-hydrogen) atoms. The van der Waals surface area contributed by atoms with Crippen LogP contribution in [0, 0.1) is 0 Å². The van der Waals surface area contributed by atoms with Crippen molar-refractivity contribution >= 4 is 15.9 Å².